The summed E-state index contributed by atoms with van der Waals surface area (Å²) in [4.78, 5) is 11.8. The van der Waals surface area contributed by atoms with E-state index in [1.807, 2.05) is 20.8 Å². The molecule has 0 aromatic rings. The van der Waals surface area contributed by atoms with Gasteiger partial charge in [-0.1, -0.05) is 27.7 Å². The summed E-state index contributed by atoms with van der Waals surface area (Å²) in [6, 6.07) is 0.221. The third kappa shape index (κ3) is 5.28. The topological polar surface area (TPSA) is 38.3 Å². The zero-order valence-corrected chi connectivity index (χ0v) is 13.0. The normalized spacial score (nSPS) is 23.5. The average molecular weight is 255 g/mol. The molecule has 0 radical (unpaired) electrons. The predicted molar refractivity (Wildman–Crippen MR) is 74.6 cm³/mol. The molecule has 3 nitrogen and oxygen atoms in total. The van der Waals surface area contributed by atoms with Crippen molar-refractivity contribution in [2.75, 3.05) is 0 Å². The van der Waals surface area contributed by atoms with Gasteiger partial charge in [-0.05, 0) is 50.9 Å². The summed E-state index contributed by atoms with van der Waals surface area (Å²) in [6.45, 7) is 14.8. The lowest BCUT2D eigenvalue weighted by Gasteiger charge is -2.45. The van der Waals surface area contributed by atoms with Crippen LogP contribution >= 0.6 is 0 Å². The van der Waals surface area contributed by atoms with Crippen LogP contribution in [0, 0.1) is 10.8 Å². The van der Waals surface area contributed by atoms with Crippen molar-refractivity contribution in [3.05, 3.63) is 0 Å². The van der Waals surface area contributed by atoms with E-state index in [-0.39, 0.29) is 23.0 Å². The Morgan fingerprint density at radius 3 is 1.94 bits per heavy atom. The van der Waals surface area contributed by atoms with Gasteiger partial charge in [0.1, 0.15) is 5.60 Å². The Kier molecular flexibility index (Phi) is 4.04. The van der Waals surface area contributed by atoms with E-state index in [0.29, 0.717) is 0 Å². The van der Waals surface area contributed by atoms with Crippen LogP contribution in [0.3, 0.4) is 0 Å². The quantitative estimate of drug-likeness (QED) is 0.765. The summed E-state index contributed by atoms with van der Waals surface area (Å²) in [5.74, 6) is 0. The van der Waals surface area contributed by atoms with Gasteiger partial charge in [0.15, 0.2) is 0 Å². The molecule has 0 unspecified atom stereocenters. The number of hydrogen-bond donors (Lipinski definition) is 1. The maximum Gasteiger partial charge on any atom is 0.407 e. The fourth-order valence-electron chi connectivity index (χ4n) is 3.42. The first-order chi connectivity index (χ1) is 7.89. The molecule has 106 valence electrons. The minimum atomic E-state index is -0.427. The number of carbonyl (C=O) groups is 1. The molecular weight excluding hydrogens is 226 g/mol. The van der Waals surface area contributed by atoms with Crippen molar-refractivity contribution < 1.29 is 9.53 Å². The first-order valence-corrected chi connectivity index (χ1v) is 6.88. The summed E-state index contributed by atoms with van der Waals surface area (Å²) < 4.78 is 5.33. The molecule has 0 saturated heterocycles. The zero-order chi connectivity index (χ0) is 14.2. The van der Waals surface area contributed by atoms with Crippen LogP contribution in [-0.4, -0.2) is 17.7 Å². The van der Waals surface area contributed by atoms with E-state index in [1.54, 1.807) is 0 Å². The molecule has 0 heterocycles. The number of carbonyl (C=O) groups excluding carboxylic acids is 1. The van der Waals surface area contributed by atoms with Crippen LogP contribution in [0.1, 0.15) is 67.7 Å². The number of hydrogen-bond acceptors (Lipinski definition) is 2. The van der Waals surface area contributed by atoms with Gasteiger partial charge < -0.3 is 10.1 Å². The maximum atomic E-state index is 11.8. The molecule has 0 bridgehead atoms. The van der Waals surface area contributed by atoms with Crippen molar-refractivity contribution in [2.24, 2.45) is 10.8 Å². The van der Waals surface area contributed by atoms with E-state index in [1.165, 1.54) is 6.42 Å². The smallest absolute Gasteiger partial charge is 0.407 e. The SMILES string of the molecule is CC1(C)CC(NC(=O)OC(C)(C)C)CC(C)(C)C1. The summed E-state index contributed by atoms with van der Waals surface area (Å²) in [5.41, 5.74) is 0.132. The Labute approximate surface area is 112 Å². The highest BCUT2D eigenvalue weighted by Gasteiger charge is 2.39. The second-order valence-corrected chi connectivity index (χ2v) is 8.26. The van der Waals surface area contributed by atoms with Gasteiger partial charge >= 0.3 is 6.09 Å². The van der Waals surface area contributed by atoms with Gasteiger partial charge in [0.05, 0.1) is 0 Å². The molecule has 18 heavy (non-hydrogen) atoms. The van der Waals surface area contributed by atoms with Crippen LogP contribution in [0.5, 0.6) is 0 Å². The molecule has 1 aliphatic carbocycles. The molecule has 1 fully saturated rings. The Hall–Kier alpha value is -0.730. The molecule has 1 amide bonds. The third-order valence-corrected chi connectivity index (χ3v) is 3.28. The van der Waals surface area contributed by atoms with Crippen LogP contribution in [0.15, 0.2) is 0 Å². The fourth-order valence-corrected chi connectivity index (χ4v) is 3.42. The maximum absolute atomic E-state index is 11.8. The second-order valence-electron chi connectivity index (χ2n) is 8.26. The van der Waals surface area contributed by atoms with E-state index in [9.17, 15) is 4.79 Å². The highest BCUT2D eigenvalue weighted by molar-refractivity contribution is 5.68. The van der Waals surface area contributed by atoms with Gasteiger partial charge in [-0.2, -0.15) is 0 Å². The Morgan fingerprint density at radius 1 is 1.11 bits per heavy atom. The Balaban J connectivity index is 2.59. The number of nitrogens with one attached hydrogen (secondary N) is 1. The number of ether oxygens (including phenoxy) is 1. The van der Waals surface area contributed by atoms with Crippen molar-refractivity contribution in [3.63, 3.8) is 0 Å². The molecule has 1 aliphatic rings. The van der Waals surface area contributed by atoms with Crippen LogP contribution < -0.4 is 5.32 Å². The lowest BCUT2D eigenvalue weighted by molar-refractivity contribution is 0.0380. The van der Waals surface area contributed by atoms with Crippen molar-refractivity contribution in [1.82, 2.24) is 5.32 Å². The molecule has 0 aromatic heterocycles. The third-order valence-electron chi connectivity index (χ3n) is 3.28. The van der Waals surface area contributed by atoms with Crippen LogP contribution in [0.25, 0.3) is 0 Å². The molecule has 0 aliphatic heterocycles. The average Bonchev–Trinajstić information content (AvgIpc) is 1.90. The van der Waals surface area contributed by atoms with Crippen LogP contribution in [0.2, 0.25) is 0 Å². The number of rotatable bonds is 1. The molecule has 0 atom stereocenters. The molecule has 3 heteroatoms. The molecular formula is C15H29NO2. The van der Waals surface area contributed by atoms with Gasteiger partial charge in [0.2, 0.25) is 0 Å². The summed E-state index contributed by atoms with van der Waals surface area (Å²) in [7, 11) is 0. The Bertz CT molecular complexity index is 297. The minimum Gasteiger partial charge on any atom is -0.444 e. The standard InChI is InChI=1S/C15H29NO2/c1-13(2,3)18-12(17)16-11-8-14(4,5)10-15(6,7)9-11/h11H,8-10H2,1-7H3,(H,16,17). The highest BCUT2D eigenvalue weighted by Crippen LogP contribution is 2.45. The van der Waals surface area contributed by atoms with Crippen molar-refractivity contribution in [2.45, 2.75) is 79.4 Å². The highest BCUT2D eigenvalue weighted by atomic mass is 16.6. The summed E-state index contributed by atoms with van der Waals surface area (Å²) in [5, 5.41) is 3.03. The van der Waals surface area contributed by atoms with Crippen molar-refractivity contribution in [3.8, 4) is 0 Å². The summed E-state index contributed by atoms with van der Waals surface area (Å²) in [6.07, 6.45) is 2.96. The first-order valence-electron chi connectivity index (χ1n) is 6.88. The molecule has 1 rings (SSSR count). The van der Waals surface area contributed by atoms with Gasteiger partial charge in [-0.25, -0.2) is 4.79 Å². The molecule has 0 spiro atoms. The monoisotopic (exact) mass is 255 g/mol. The molecule has 0 aromatic carbocycles. The van der Waals surface area contributed by atoms with Gasteiger partial charge in [0, 0.05) is 6.04 Å². The number of alkyl carbamates (subject to hydrolysis) is 1. The lowest BCUT2D eigenvalue weighted by atomic mass is 9.63. The van der Waals surface area contributed by atoms with Crippen molar-refractivity contribution >= 4 is 6.09 Å². The predicted octanol–water partition coefficient (Wildman–Crippen LogP) is 4.12. The van der Waals surface area contributed by atoms with Crippen LogP contribution in [0.4, 0.5) is 4.79 Å². The van der Waals surface area contributed by atoms with E-state index in [4.69, 9.17) is 4.74 Å². The zero-order valence-electron chi connectivity index (χ0n) is 13.0. The summed E-state index contributed by atoms with van der Waals surface area (Å²) >= 11 is 0. The van der Waals surface area contributed by atoms with E-state index in [0.717, 1.165) is 12.8 Å². The van der Waals surface area contributed by atoms with Crippen LogP contribution in [-0.2, 0) is 4.74 Å². The van der Waals surface area contributed by atoms with Crippen molar-refractivity contribution in [1.29, 1.82) is 0 Å². The number of amides is 1. The van der Waals surface area contributed by atoms with E-state index < -0.39 is 5.60 Å². The lowest BCUT2D eigenvalue weighted by Crippen LogP contribution is -2.47. The molecule has 1 N–H and O–H groups in total. The van der Waals surface area contributed by atoms with Gasteiger partial charge in [-0.15, -0.1) is 0 Å². The first kappa shape index (κ1) is 15.3. The van der Waals surface area contributed by atoms with E-state index >= 15 is 0 Å². The largest absolute Gasteiger partial charge is 0.444 e. The fraction of sp³-hybridized carbons (Fsp3) is 0.933. The van der Waals surface area contributed by atoms with Gasteiger partial charge in [-0.3, -0.25) is 0 Å². The molecule has 1 saturated carbocycles. The Morgan fingerprint density at radius 2 is 1.56 bits per heavy atom. The second kappa shape index (κ2) is 4.75. The minimum absolute atomic E-state index is 0.221. The van der Waals surface area contributed by atoms with Gasteiger partial charge in [0.25, 0.3) is 0 Å². The van der Waals surface area contributed by atoms with E-state index in [2.05, 4.69) is 33.0 Å².